The second kappa shape index (κ2) is 9.36. The molecule has 0 radical (unpaired) electrons. The summed E-state index contributed by atoms with van der Waals surface area (Å²) >= 11 is 0. The predicted molar refractivity (Wildman–Crippen MR) is 101 cm³/mol. The van der Waals surface area contributed by atoms with E-state index in [4.69, 9.17) is 0 Å². The Kier molecular flexibility index (Phi) is 9.21. The summed E-state index contributed by atoms with van der Waals surface area (Å²) in [5.74, 6) is 0. The van der Waals surface area contributed by atoms with E-state index in [-0.39, 0.29) is 44.6 Å². The molecule has 0 saturated heterocycles. The van der Waals surface area contributed by atoms with Crippen LogP contribution in [-0.4, -0.2) is 71.8 Å². The largest absolute Gasteiger partial charge is 0.389 e. The van der Waals surface area contributed by atoms with Crippen LogP contribution in [0.3, 0.4) is 0 Å². The van der Waals surface area contributed by atoms with E-state index in [1.165, 1.54) is 0 Å². The maximum absolute atomic E-state index is 12.2. The first-order valence-corrected chi connectivity index (χ1v) is 15.4. The van der Waals surface area contributed by atoms with Crippen molar-refractivity contribution in [2.24, 2.45) is 0 Å². The molecule has 0 aliphatic rings. The van der Waals surface area contributed by atoms with Gasteiger partial charge in [0.15, 0.2) is 29.5 Å². The highest BCUT2D eigenvalue weighted by atomic mass is 32.3. The molecular formula is C13H25F3O9S4. The van der Waals surface area contributed by atoms with E-state index >= 15 is 0 Å². The number of rotatable bonds is 12. The molecule has 1 atom stereocenters. The third kappa shape index (κ3) is 7.33. The minimum Gasteiger partial charge on any atom is -0.283 e. The average Bonchev–Trinajstić information content (AvgIpc) is 2.37. The van der Waals surface area contributed by atoms with Crippen LogP contribution in [0.1, 0.15) is 44.9 Å². The van der Waals surface area contributed by atoms with Crippen LogP contribution in [0.5, 0.6) is 0 Å². The summed E-state index contributed by atoms with van der Waals surface area (Å²) in [6, 6.07) is 0. The molecule has 0 amide bonds. The molecule has 176 valence electrons. The first-order chi connectivity index (χ1) is 12.6. The van der Waals surface area contributed by atoms with Crippen molar-refractivity contribution < 1.29 is 51.4 Å². The normalized spacial score (nSPS) is 16.0. The number of hydrogen-bond acceptors (Lipinski definition) is 8. The van der Waals surface area contributed by atoms with Crippen molar-refractivity contribution in [2.45, 2.75) is 59.8 Å². The molecule has 29 heavy (non-hydrogen) atoms. The molecule has 9 nitrogen and oxygen atoms in total. The van der Waals surface area contributed by atoms with Crippen molar-refractivity contribution in [3.8, 4) is 0 Å². The van der Waals surface area contributed by atoms with Crippen LogP contribution in [-0.2, 0) is 39.6 Å². The van der Waals surface area contributed by atoms with Crippen molar-refractivity contribution in [2.75, 3.05) is 18.8 Å². The van der Waals surface area contributed by atoms with E-state index in [0.717, 1.165) is 0 Å². The van der Waals surface area contributed by atoms with E-state index < -0.39 is 67.3 Å². The summed E-state index contributed by atoms with van der Waals surface area (Å²) in [5.41, 5.74) is 0. The summed E-state index contributed by atoms with van der Waals surface area (Å²) in [4.78, 5) is 0. The van der Waals surface area contributed by atoms with Crippen molar-refractivity contribution in [3.05, 3.63) is 0 Å². The molecule has 1 N–H and O–H groups in total. The van der Waals surface area contributed by atoms with Crippen LogP contribution in [0, 0.1) is 0 Å². The Labute approximate surface area is 169 Å². The summed E-state index contributed by atoms with van der Waals surface area (Å²) in [7, 11) is -21.1. The molecule has 0 saturated carbocycles. The van der Waals surface area contributed by atoms with Crippen LogP contribution in [0.4, 0.5) is 13.2 Å². The molecule has 0 aromatic carbocycles. The Bertz CT molecular complexity index is 900. The monoisotopic (exact) mass is 510 g/mol. The number of sulfone groups is 3. The molecule has 0 aromatic rings. The Hall–Kier alpha value is -0.450. The molecule has 0 bridgehead atoms. The maximum atomic E-state index is 12.2. The van der Waals surface area contributed by atoms with Crippen LogP contribution >= 0.6 is 0 Å². The molecular weight excluding hydrogens is 485 g/mol. The number of alkyl halides is 3. The first-order valence-electron chi connectivity index (χ1n) is 8.21. The van der Waals surface area contributed by atoms with Gasteiger partial charge in [0.2, 0.25) is 0 Å². The summed E-state index contributed by atoms with van der Waals surface area (Å²) in [5, 5.41) is -2.52. The second-order valence-electron chi connectivity index (χ2n) is 6.86. The average molecular weight is 511 g/mol. The van der Waals surface area contributed by atoms with Gasteiger partial charge in [-0.25, -0.2) is 25.3 Å². The maximum Gasteiger partial charge on any atom is 0.389 e. The van der Waals surface area contributed by atoms with Gasteiger partial charge in [-0.15, -0.1) is 0 Å². The van der Waals surface area contributed by atoms with Crippen molar-refractivity contribution in [1.82, 2.24) is 0 Å². The third-order valence-electron chi connectivity index (χ3n) is 4.23. The highest BCUT2D eigenvalue weighted by molar-refractivity contribution is 8.25. The third-order valence-corrected chi connectivity index (χ3v) is 14.8. The van der Waals surface area contributed by atoms with Gasteiger partial charge in [-0.05, 0) is 12.8 Å². The lowest BCUT2D eigenvalue weighted by Crippen LogP contribution is -2.62. The fraction of sp³-hybridized carbons (Fsp3) is 1.00. The Balaban J connectivity index is 5.81. The van der Waals surface area contributed by atoms with E-state index in [9.17, 15) is 51.4 Å². The van der Waals surface area contributed by atoms with Crippen LogP contribution in [0.2, 0.25) is 0 Å². The number of unbranched alkanes of at least 4 members (excludes halogenated alkanes) is 4. The van der Waals surface area contributed by atoms with Gasteiger partial charge >= 0.3 is 19.7 Å². The minimum absolute atomic E-state index is 0.0962. The minimum atomic E-state index is -5.97. The lowest BCUT2D eigenvalue weighted by Gasteiger charge is -2.33. The highest BCUT2D eigenvalue weighted by Crippen LogP contribution is 2.39. The van der Waals surface area contributed by atoms with Gasteiger partial charge in [-0.3, -0.25) is 4.55 Å². The Morgan fingerprint density at radius 1 is 0.724 bits per heavy atom. The van der Waals surface area contributed by atoms with Gasteiger partial charge in [0.1, 0.15) is 5.25 Å². The lowest BCUT2D eigenvalue weighted by molar-refractivity contribution is -0.135. The molecule has 0 heterocycles. The van der Waals surface area contributed by atoms with Gasteiger partial charge in [0.05, 0.1) is 0 Å². The molecule has 0 aliphatic carbocycles. The summed E-state index contributed by atoms with van der Waals surface area (Å²) in [6.07, 6.45) is -5.20. The van der Waals surface area contributed by atoms with E-state index in [0.29, 0.717) is 6.26 Å². The summed E-state index contributed by atoms with van der Waals surface area (Å²) in [6.45, 7) is 0. The van der Waals surface area contributed by atoms with Crippen LogP contribution in [0.25, 0.3) is 0 Å². The zero-order valence-electron chi connectivity index (χ0n) is 16.0. The highest BCUT2D eigenvalue weighted by Gasteiger charge is 2.68. The molecule has 16 heteroatoms. The first kappa shape index (κ1) is 28.5. The van der Waals surface area contributed by atoms with Gasteiger partial charge in [-0.2, -0.15) is 21.6 Å². The Morgan fingerprint density at radius 2 is 1.10 bits per heavy atom. The smallest absolute Gasteiger partial charge is 0.283 e. The SMILES string of the molecule is CS(=O)(=O)C(CCCCCCCC(F)(F)F)C(S(C)(=O)=O)(S(C)(=O)=O)S(=O)(=O)O. The van der Waals surface area contributed by atoms with Gasteiger partial charge < -0.3 is 0 Å². The van der Waals surface area contributed by atoms with Crippen molar-refractivity contribution in [3.63, 3.8) is 0 Å². The predicted octanol–water partition coefficient (Wildman–Crippen LogP) is 1.32. The molecule has 0 rings (SSSR count). The lowest BCUT2D eigenvalue weighted by atomic mass is 10.1. The zero-order chi connectivity index (χ0) is 23.5. The van der Waals surface area contributed by atoms with Gasteiger partial charge in [0, 0.05) is 25.2 Å². The summed E-state index contributed by atoms with van der Waals surface area (Å²) < 4.78 is 139. The number of halogens is 3. The molecule has 0 aliphatic heterocycles. The van der Waals surface area contributed by atoms with E-state index in [2.05, 4.69) is 0 Å². The zero-order valence-corrected chi connectivity index (χ0v) is 19.3. The van der Waals surface area contributed by atoms with Crippen molar-refractivity contribution >= 4 is 39.6 Å². The van der Waals surface area contributed by atoms with Gasteiger partial charge in [-0.1, -0.05) is 25.7 Å². The standard InChI is InChI=1S/C13H25F3O9S4/c1-26(17,18)11(9-7-5-4-6-8-10-12(14,15)16)13(27(2,19)20,28(3,21)22)29(23,24)25/h11H,4-10H2,1-3H3,(H,23,24,25). The molecule has 1 unspecified atom stereocenters. The molecule has 0 fully saturated rings. The van der Waals surface area contributed by atoms with Crippen LogP contribution < -0.4 is 0 Å². The second-order valence-corrected chi connectivity index (χ2v) is 15.8. The quantitative estimate of drug-likeness (QED) is 0.302. The van der Waals surface area contributed by atoms with E-state index in [1.54, 1.807) is 0 Å². The molecule has 0 aromatic heterocycles. The van der Waals surface area contributed by atoms with E-state index in [1.807, 2.05) is 0 Å². The number of hydrogen-bond donors (Lipinski definition) is 1. The van der Waals surface area contributed by atoms with Crippen molar-refractivity contribution in [1.29, 1.82) is 0 Å². The van der Waals surface area contributed by atoms with Gasteiger partial charge in [0.25, 0.3) is 0 Å². The Morgan fingerprint density at radius 3 is 1.41 bits per heavy atom. The fourth-order valence-electron chi connectivity index (χ4n) is 3.14. The topological polar surface area (TPSA) is 157 Å². The van der Waals surface area contributed by atoms with Crippen LogP contribution in [0.15, 0.2) is 0 Å². The fourth-order valence-corrected chi connectivity index (χ4v) is 14.1. The molecule has 0 spiro atoms.